The van der Waals surface area contributed by atoms with Crippen molar-refractivity contribution in [2.45, 2.75) is 38.0 Å². The molecular formula is C15H18NO5-. The van der Waals surface area contributed by atoms with E-state index in [1.165, 1.54) is 0 Å². The van der Waals surface area contributed by atoms with Crippen LogP contribution >= 0.6 is 0 Å². The van der Waals surface area contributed by atoms with Gasteiger partial charge in [0.25, 0.3) is 0 Å². The minimum Gasteiger partial charge on any atom is -0.550 e. The van der Waals surface area contributed by atoms with E-state index in [4.69, 9.17) is 4.74 Å². The maximum atomic E-state index is 11.8. The van der Waals surface area contributed by atoms with Gasteiger partial charge >= 0.3 is 6.09 Å². The molecule has 0 radical (unpaired) electrons. The van der Waals surface area contributed by atoms with Crippen molar-refractivity contribution in [3.63, 3.8) is 0 Å². The summed E-state index contributed by atoms with van der Waals surface area (Å²) in [6.07, 6.45) is -1.32. The van der Waals surface area contributed by atoms with Crippen LogP contribution in [0.3, 0.4) is 0 Å². The number of carboxylic acid groups (broad SMARTS) is 1. The summed E-state index contributed by atoms with van der Waals surface area (Å²) in [5.74, 6) is -1.55. The Bertz CT molecular complexity index is 516. The second-order valence-electron chi connectivity index (χ2n) is 5.44. The molecule has 1 aromatic carbocycles. The molecule has 0 saturated heterocycles. The predicted octanol–water partition coefficient (Wildman–Crippen LogP) is 0.192. The number of carbonyl (C=O) groups is 2. The summed E-state index contributed by atoms with van der Waals surface area (Å²) >= 11 is 0. The Balaban J connectivity index is 1.89. The van der Waals surface area contributed by atoms with Crippen LogP contribution in [0.15, 0.2) is 30.3 Å². The fourth-order valence-corrected chi connectivity index (χ4v) is 2.58. The van der Waals surface area contributed by atoms with Crippen molar-refractivity contribution in [1.82, 2.24) is 5.32 Å². The van der Waals surface area contributed by atoms with E-state index in [-0.39, 0.29) is 18.9 Å². The summed E-state index contributed by atoms with van der Waals surface area (Å²) in [5.41, 5.74) is -0.120. The highest BCUT2D eigenvalue weighted by Gasteiger charge is 2.57. The summed E-state index contributed by atoms with van der Waals surface area (Å²) in [4.78, 5) is 22.6. The van der Waals surface area contributed by atoms with Gasteiger partial charge in [0.1, 0.15) is 6.61 Å². The van der Waals surface area contributed by atoms with Gasteiger partial charge in [-0.05, 0) is 18.9 Å². The fraction of sp³-hybridized carbons (Fsp3) is 0.467. The first kappa shape index (κ1) is 15.3. The predicted molar refractivity (Wildman–Crippen MR) is 71.9 cm³/mol. The molecule has 1 fully saturated rings. The van der Waals surface area contributed by atoms with Gasteiger partial charge in [0.05, 0.1) is 11.6 Å². The molecule has 1 amide bonds. The summed E-state index contributed by atoms with van der Waals surface area (Å²) < 4.78 is 5.07. The van der Waals surface area contributed by atoms with Crippen molar-refractivity contribution in [1.29, 1.82) is 0 Å². The lowest BCUT2D eigenvalue weighted by molar-refractivity contribution is -0.306. The normalized spacial score (nSPS) is 25.0. The number of carbonyl (C=O) groups excluding carboxylic acids is 2. The zero-order valence-electron chi connectivity index (χ0n) is 11.7. The number of amides is 1. The van der Waals surface area contributed by atoms with Crippen molar-refractivity contribution in [2.24, 2.45) is 5.92 Å². The van der Waals surface area contributed by atoms with Gasteiger partial charge in [0, 0.05) is 18.3 Å². The van der Waals surface area contributed by atoms with Crippen LogP contribution in [0.25, 0.3) is 0 Å². The molecule has 1 aliphatic rings. The zero-order chi connectivity index (χ0) is 15.5. The van der Waals surface area contributed by atoms with Crippen LogP contribution in [0.2, 0.25) is 0 Å². The molecule has 6 heteroatoms. The highest BCUT2D eigenvalue weighted by Crippen LogP contribution is 2.48. The van der Waals surface area contributed by atoms with Crippen LogP contribution in [-0.2, 0) is 16.1 Å². The number of carboxylic acids is 1. The largest absolute Gasteiger partial charge is 0.550 e. The van der Waals surface area contributed by atoms with E-state index in [1.807, 2.05) is 30.3 Å². The van der Waals surface area contributed by atoms with Crippen molar-refractivity contribution in [3.8, 4) is 0 Å². The van der Waals surface area contributed by atoms with Gasteiger partial charge in [0.15, 0.2) is 0 Å². The van der Waals surface area contributed by atoms with E-state index in [1.54, 1.807) is 6.92 Å². The first-order valence-electron chi connectivity index (χ1n) is 6.80. The van der Waals surface area contributed by atoms with Crippen molar-refractivity contribution in [2.75, 3.05) is 0 Å². The number of ether oxygens (including phenoxy) is 1. The molecule has 0 aromatic heterocycles. The molecule has 2 rings (SSSR count). The third-order valence-electron chi connectivity index (χ3n) is 3.74. The van der Waals surface area contributed by atoms with E-state index in [9.17, 15) is 19.8 Å². The number of aliphatic carboxylic acids is 1. The van der Waals surface area contributed by atoms with Gasteiger partial charge in [-0.2, -0.15) is 0 Å². The summed E-state index contributed by atoms with van der Waals surface area (Å²) in [6, 6.07) is 9.16. The minimum absolute atomic E-state index is 0.105. The van der Waals surface area contributed by atoms with Crippen LogP contribution in [0, 0.1) is 5.92 Å². The molecule has 1 aromatic rings. The van der Waals surface area contributed by atoms with Crippen LogP contribution in [-0.4, -0.2) is 28.8 Å². The van der Waals surface area contributed by atoms with E-state index in [0.717, 1.165) is 5.56 Å². The molecule has 1 aliphatic carbocycles. The summed E-state index contributed by atoms with van der Waals surface area (Å²) in [6.45, 7) is 1.67. The summed E-state index contributed by atoms with van der Waals surface area (Å²) in [5, 5.41) is 22.9. The number of nitrogens with one attached hydrogen (secondary N) is 1. The maximum absolute atomic E-state index is 11.8. The molecule has 0 spiro atoms. The van der Waals surface area contributed by atoms with Crippen molar-refractivity contribution >= 4 is 12.1 Å². The van der Waals surface area contributed by atoms with Gasteiger partial charge < -0.3 is 25.1 Å². The Kier molecular flexibility index (Phi) is 4.47. The third-order valence-corrected chi connectivity index (χ3v) is 3.74. The van der Waals surface area contributed by atoms with Crippen LogP contribution in [0.5, 0.6) is 0 Å². The number of rotatable bonds is 6. The molecule has 21 heavy (non-hydrogen) atoms. The minimum atomic E-state index is -1.26. The van der Waals surface area contributed by atoms with Crippen molar-refractivity contribution in [3.05, 3.63) is 35.9 Å². The van der Waals surface area contributed by atoms with E-state index in [0.29, 0.717) is 6.42 Å². The molecule has 0 heterocycles. The topological polar surface area (TPSA) is 98.7 Å². The number of aliphatic hydroxyl groups excluding tert-OH is 1. The first-order chi connectivity index (χ1) is 9.93. The number of alkyl carbamates (subject to hydrolysis) is 1. The average Bonchev–Trinajstić information content (AvgIpc) is 3.10. The fourth-order valence-electron chi connectivity index (χ4n) is 2.58. The van der Waals surface area contributed by atoms with E-state index < -0.39 is 23.7 Å². The van der Waals surface area contributed by atoms with Gasteiger partial charge in [-0.1, -0.05) is 30.3 Å². The third kappa shape index (κ3) is 3.95. The Morgan fingerprint density at radius 2 is 2.14 bits per heavy atom. The highest BCUT2D eigenvalue weighted by molar-refractivity contribution is 5.73. The Morgan fingerprint density at radius 3 is 2.67 bits per heavy atom. The lowest BCUT2D eigenvalue weighted by Crippen LogP contribution is -2.44. The molecule has 0 bridgehead atoms. The SMILES string of the molecule is CC(O)C1CC1(CC(=O)[O-])NC(=O)OCc1ccccc1. The Labute approximate surface area is 122 Å². The maximum Gasteiger partial charge on any atom is 0.407 e. The van der Waals surface area contributed by atoms with E-state index in [2.05, 4.69) is 5.32 Å². The number of hydrogen-bond donors (Lipinski definition) is 2. The molecular weight excluding hydrogens is 274 g/mol. The number of hydrogen-bond acceptors (Lipinski definition) is 5. The molecule has 3 unspecified atom stereocenters. The Hall–Kier alpha value is -2.08. The van der Waals surface area contributed by atoms with Crippen LogP contribution in [0.1, 0.15) is 25.3 Å². The molecule has 6 nitrogen and oxygen atoms in total. The molecule has 2 N–H and O–H groups in total. The highest BCUT2D eigenvalue weighted by atomic mass is 16.5. The van der Waals surface area contributed by atoms with Gasteiger partial charge in [-0.15, -0.1) is 0 Å². The quantitative estimate of drug-likeness (QED) is 0.780. The molecule has 114 valence electrons. The van der Waals surface area contributed by atoms with E-state index >= 15 is 0 Å². The second kappa shape index (κ2) is 6.13. The monoisotopic (exact) mass is 292 g/mol. The van der Waals surface area contributed by atoms with Gasteiger partial charge in [0.2, 0.25) is 0 Å². The molecule has 3 atom stereocenters. The van der Waals surface area contributed by atoms with Gasteiger partial charge in [-0.3, -0.25) is 0 Å². The Morgan fingerprint density at radius 1 is 1.48 bits per heavy atom. The second-order valence-corrected chi connectivity index (χ2v) is 5.44. The zero-order valence-corrected chi connectivity index (χ0v) is 11.7. The number of benzene rings is 1. The molecule has 1 saturated carbocycles. The van der Waals surface area contributed by atoms with Crippen molar-refractivity contribution < 1.29 is 24.5 Å². The lowest BCUT2D eigenvalue weighted by Gasteiger charge is -2.21. The molecule has 0 aliphatic heterocycles. The first-order valence-corrected chi connectivity index (χ1v) is 6.80. The number of aliphatic hydroxyl groups is 1. The smallest absolute Gasteiger partial charge is 0.407 e. The standard InChI is InChI=1S/C15H19NO5/c1-10(17)12-7-15(12,8-13(18)19)16-14(20)21-9-11-5-3-2-4-6-11/h2-6,10,12,17H,7-9H2,1H3,(H,16,20)(H,18,19)/p-1. The van der Waals surface area contributed by atoms with Crippen LogP contribution in [0.4, 0.5) is 4.79 Å². The van der Waals surface area contributed by atoms with Crippen LogP contribution < -0.4 is 10.4 Å². The summed E-state index contributed by atoms with van der Waals surface area (Å²) in [7, 11) is 0. The van der Waals surface area contributed by atoms with Gasteiger partial charge in [-0.25, -0.2) is 4.79 Å². The lowest BCUT2D eigenvalue weighted by atomic mass is 10.1. The average molecular weight is 292 g/mol.